The molecule has 1 aromatic carbocycles. The monoisotopic (exact) mass is 505 g/mol. The first-order valence-corrected chi connectivity index (χ1v) is 13.9. The number of carbonyl (C=O) groups excluding carboxylic acids is 1. The maximum absolute atomic E-state index is 12.6. The fraction of sp³-hybridized carbons (Fsp3) is 0.594. The maximum atomic E-state index is 12.6. The highest BCUT2D eigenvalue weighted by atomic mass is 16.5. The van der Waals surface area contributed by atoms with E-state index in [2.05, 4.69) is 45.6 Å². The molecule has 0 spiro atoms. The van der Waals surface area contributed by atoms with Crippen molar-refractivity contribution in [3.8, 4) is 11.8 Å². The molecule has 1 heterocycles. The number of aliphatic hydroxyl groups is 1. The molecule has 3 aliphatic rings. The first kappa shape index (κ1) is 27.5. The Kier molecular flexibility index (Phi) is 8.51. The van der Waals surface area contributed by atoms with Crippen LogP contribution in [-0.2, 0) is 9.47 Å². The fourth-order valence-electron chi connectivity index (χ4n) is 5.82. The maximum Gasteiger partial charge on any atom is 0.253 e. The fourth-order valence-corrected chi connectivity index (χ4v) is 5.82. The minimum Gasteiger partial charge on any atom is -0.491 e. The van der Waals surface area contributed by atoms with Gasteiger partial charge in [0.2, 0.25) is 0 Å². The average Bonchev–Trinajstić information content (AvgIpc) is 3.42. The normalized spacial score (nSPS) is 23.0. The van der Waals surface area contributed by atoms with Crippen LogP contribution < -0.4 is 0 Å². The molecule has 2 atom stereocenters. The quantitative estimate of drug-likeness (QED) is 0.380. The average molecular weight is 506 g/mol. The Hall–Kier alpha value is -2.55. The van der Waals surface area contributed by atoms with Crippen LogP contribution in [0.1, 0.15) is 82.6 Å². The number of hydrogen-bond acceptors (Lipinski definition) is 4. The van der Waals surface area contributed by atoms with Crippen molar-refractivity contribution in [1.82, 2.24) is 4.90 Å². The topological polar surface area (TPSA) is 59.0 Å². The van der Waals surface area contributed by atoms with Gasteiger partial charge in [-0.15, -0.1) is 0 Å². The molecule has 37 heavy (non-hydrogen) atoms. The van der Waals surface area contributed by atoms with Crippen LogP contribution in [0.15, 0.2) is 47.2 Å². The second-order valence-corrected chi connectivity index (χ2v) is 11.9. The highest BCUT2D eigenvalue weighted by Gasteiger charge is 2.44. The SMILES string of the molecule is CCOCCOC1=CC(C(O)C#Cc2ccc(C(=O)N3CCCC3)cc2)CC2=C1C(C)(C)CCC2(C)C. The Morgan fingerprint density at radius 3 is 2.43 bits per heavy atom. The molecule has 4 rings (SSSR count). The summed E-state index contributed by atoms with van der Waals surface area (Å²) in [6, 6.07) is 7.42. The second kappa shape index (κ2) is 11.5. The minimum absolute atomic E-state index is 0.0259. The lowest BCUT2D eigenvalue weighted by Gasteiger charge is -2.47. The first-order chi connectivity index (χ1) is 17.6. The minimum atomic E-state index is -0.814. The van der Waals surface area contributed by atoms with E-state index in [1.165, 1.54) is 11.1 Å². The molecule has 0 aromatic heterocycles. The number of aliphatic hydroxyl groups excluding tert-OH is 1. The van der Waals surface area contributed by atoms with Gasteiger partial charge in [-0.05, 0) is 85.8 Å². The summed E-state index contributed by atoms with van der Waals surface area (Å²) in [4.78, 5) is 14.5. The molecule has 0 radical (unpaired) electrons. The number of carbonyl (C=O) groups is 1. The van der Waals surface area contributed by atoms with Gasteiger partial charge in [-0.3, -0.25) is 4.79 Å². The number of benzene rings is 1. The number of likely N-dealkylation sites (tertiary alicyclic amines) is 1. The van der Waals surface area contributed by atoms with Crippen LogP contribution in [0.5, 0.6) is 0 Å². The summed E-state index contributed by atoms with van der Waals surface area (Å²) in [6.07, 6.45) is 6.43. The molecule has 1 N–H and O–H groups in total. The van der Waals surface area contributed by atoms with Crippen LogP contribution in [0.2, 0.25) is 0 Å². The smallest absolute Gasteiger partial charge is 0.253 e. The van der Waals surface area contributed by atoms with Gasteiger partial charge in [-0.1, -0.05) is 45.1 Å². The van der Waals surface area contributed by atoms with E-state index in [0.29, 0.717) is 25.4 Å². The van der Waals surface area contributed by atoms with Crippen LogP contribution in [0.4, 0.5) is 0 Å². The van der Waals surface area contributed by atoms with Crippen molar-refractivity contribution in [3.05, 3.63) is 58.4 Å². The van der Waals surface area contributed by atoms with Crippen molar-refractivity contribution in [3.63, 3.8) is 0 Å². The Morgan fingerprint density at radius 2 is 1.76 bits per heavy atom. The van der Waals surface area contributed by atoms with Crippen LogP contribution in [0.25, 0.3) is 0 Å². The van der Waals surface area contributed by atoms with Crippen LogP contribution in [0, 0.1) is 28.6 Å². The molecule has 2 aliphatic carbocycles. The number of rotatable bonds is 7. The van der Waals surface area contributed by atoms with Crippen LogP contribution >= 0.6 is 0 Å². The van der Waals surface area contributed by atoms with Gasteiger partial charge in [0.1, 0.15) is 18.5 Å². The van der Waals surface area contributed by atoms with Gasteiger partial charge in [0, 0.05) is 36.7 Å². The highest BCUT2D eigenvalue weighted by Crippen LogP contribution is 2.55. The summed E-state index contributed by atoms with van der Waals surface area (Å²) in [5.74, 6) is 7.03. The summed E-state index contributed by atoms with van der Waals surface area (Å²) >= 11 is 0. The zero-order valence-corrected chi connectivity index (χ0v) is 23.2. The zero-order valence-electron chi connectivity index (χ0n) is 23.2. The third kappa shape index (κ3) is 6.30. The molecule has 1 saturated heterocycles. The van der Waals surface area contributed by atoms with Crippen molar-refractivity contribution >= 4 is 5.91 Å². The second-order valence-electron chi connectivity index (χ2n) is 11.9. The van der Waals surface area contributed by atoms with Crippen LogP contribution in [0.3, 0.4) is 0 Å². The molecule has 1 aromatic rings. The number of amides is 1. The van der Waals surface area contributed by atoms with Gasteiger partial charge in [0.15, 0.2) is 0 Å². The van der Waals surface area contributed by atoms with Gasteiger partial charge in [-0.25, -0.2) is 0 Å². The van der Waals surface area contributed by atoms with E-state index >= 15 is 0 Å². The van der Waals surface area contributed by atoms with Crippen LogP contribution in [-0.4, -0.2) is 54.9 Å². The van der Waals surface area contributed by atoms with Gasteiger partial charge >= 0.3 is 0 Å². The molecule has 200 valence electrons. The van der Waals surface area contributed by atoms with Gasteiger partial charge in [0.25, 0.3) is 5.91 Å². The summed E-state index contributed by atoms with van der Waals surface area (Å²) < 4.78 is 11.8. The molecule has 0 bridgehead atoms. The number of ether oxygens (including phenoxy) is 2. The van der Waals surface area contributed by atoms with Gasteiger partial charge < -0.3 is 19.5 Å². The molecule has 1 aliphatic heterocycles. The predicted molar refractivity (Wildman–Crippen MR) is 147 cm³/mol. The summed E-state index contributed by atoms with van der Waals surface area (Å²) in [5, 5.41) is 11.2. The summed E-state index contributed by atoms with van der Waals surface area (Å²) in [5.41, 5.74) is 4.25. The Morgan fingerprint density at radius 1 is 1.08 bits per heavy atom. The zero-order chi connectivity index (χ0) is 26.6. The van der Waals surface area contributed by atoms with Crippen molar-refractivity contribution in [2.24, 2.45) is 16.7 Å². The Labute approximate surface area is 222 Å². The largest absolute Gasteiger partial charge is 0.491 e. The van der Waals surface area contributed by atoms with Gasteiger partial charge in [0.05, 0.1) is 6.61 Å². The Bertz CT molecular complexity index is 1090. The Balaban J connectivity index is 1.52. The lowest BCUT2D eigenvalue weighted by Crippen LogP contribution is -2.37. The van der Waals surface area contributed by atoms with Crippen molar-refractivity contribution in [1.29, 1.82) is 0 Å². The highest BCUT2D eigenvalue weighted by molar-refractivity contribution is 5.94. The van der Waals surface area contributed by atoms with E-state index in [0.717, 1.165) is 56.5 Å². The summed E-state index contributed by atoms with van der Waals surface area (Å²) in [6.45, 7) is 14.6. The van der Waals surface area contributed by atoms with E-state index in [1.54, 1.807) is 0 Å². The molecule has 1 fully saturated rings. The lowest BCUT2D eigenvalue weighted by molar-refractivity contribution is 0.0768. The molecular weight excluding hydrogens is 462 g/mol. The standard InChI is InChI=1S/C32H43NO4/c1-6-36-19-20-37-28-22-25(21-26-29(28)32(4,5)16-15-31(26,2)3)27(34)14-11-23-9-12-24(13-10-23)30(35)33-17-7-8-18-33/h9-10,12-13,22,25,27,34H,6-8,15-21H2,1-5H3. The molecule has 1 amide bonds. The molecule has 2 unspecified atom stereocenters. The van der Waals surface area contributed by atoms with E-state index in [4.69, 9.17) is 9.47 Å². The molecule has 5 heteroatoms. The lowest BCUT2D eigenvalue weighted by atomic mass is 9.59. The summed E-state index contributed by atoms with van der Waals surface area (Å²) in [7, 11) is 0. The third-order valence-electron chi connectivity index (χ3n) is 8.21. The van der Waals surface area contributed by atoms with E-state index < -0.39 is 6.10 Å². The van der Waals surface area contributed by atoms with Crippen molar-refractivity contribution in [2.75, 3.05) is 32.9 Å². The number of nitrogens with zero attached hydrogens (tertiary/aromatic N) is 1. The third-order valence-corrected chi connectivity index (χ3v) is 8.21. The molecular formula is C32H43NO4. The molecule has 0 saturated carbocycles. The molecule has 5 nitrogen and oxygen atoms in total. The number of allylic oxidation sites excluding steroid dienone is 2. The van der Waals surface area contributed by atoms with E-state index in [9.17, 15) is 9.90 Å². The van der Waals surface area contributed by atoms with Crippen molar-refractivity contribution < 1.29 is 19.4 Å². The van der Waals surface area contributed by atoms with Crippen molar-refractivity contribution in [2.45, 2.75) is 72.8 Å². The van der Waals surface area contributed by atoms with E-state index in [1.807, 2.05) is 36.1 Å². The first-order valence-electron chi connectivity index (χ1n) is 13.9. The van der Waals surface area contributed by atoms with Gasteiger partial charge in [-0.2, -0.15) is 0 Å². The number of hydrogen-bond donors (Lipinski definition) is 1. The predicted octanol–water partition coefficient (Wildman–Crippen LogP) is 5.73. The van der Waals surface area contributed by atoms with E-state index in [-0.39, 0.29) is 22.7 Å².